The van der Waals surface area contributed by atoms with Gasteiger partial charge in [-0.05, 0) is 105 Å². The van der Waals surface area contributed by atoms with E-state index in [0.29, 0.717) is 10.8 Å². The summed E-state index contributed by atoms with van der Waals surface area (Å²) in [5.74, 6) is 4.85. The maximum Gasteiger partial charge on any atom is -0.00854 e. The van der Waals surface area contributed by atoms with Gasteiger partial charge >= 0.3 is 0 Å². The Kier molecular flexibility index (Phi) is 5.17. The van der Waals surface area contributed by atoms with Crippen LogP contribution in [0.15, 0.2) is 24.3 Å². The highest BCUT2D eigenvalue weighted by molar-refractivity contribution is 5.21. The highest BCUT2D eigenvalue weighted by atomic mass is 14.6. The van der Waals surface area contributed by atoms with Crippen LogP contribution in [0.1, 0.15) is 97.8 Å². The molecule has 0 spiro atoms. The summed E-state index contributed by atoms with van der Waals surface area (Å²) >= 11 is 0. The van der Waals surface area contributed by atoms with Crippen LogP contribution >= 0.6 is 0 Å². The van der Waals surface area contributed by atoms with Crippen LogP contribution in [-0.2, 0) is 0 Å². The van der Waals surface area contributed by atoms with Gasteiger partial charge in [0.1, 0.15) is 0 Å². The van der Waals surface area contributed by atoms with Crippen LogP contribution in [0.3, 0.4) is 0 Å². The number of rotatable bonds is 2. The Morgan fingerprint density at radius 3 is 2.46 bits per heavy atom. The molecule has 0 saturated heterocycles. The number of fused-ring (bicyclic) bond motifs is 5. The van der Waals surface area contributed by atoms with Gasteiger partial charge in [-0.3, -0.25) is 0 Å². The molecule has 4 fully saturated rings. The van der Waals surface area contributed by atoms with Crippen LogP contribution in [0, 0.1) is 40.4 Å². The third-order valence-corrected chi connectivity index (χ3v) is 9.90. The SMILES string of the molecule is C=C[C@]12CC[C@@H]3C(CC[C@]4(C)/C(=C\C)CCCC34)[C@H]1CCC[C@H](CC)C2. The highest BCUT2D eigenvalue weighted by Gasteiger charge is 2.56. The molecular weight excluding hydrogens is 312 g/mol. The molecule has 4 saturated carbocycles. The molecule has 146 valence electrons. The largest absolute Gasteiger partial charge is 0.103 e. The lowest BCUT2D eigenvalue weighted by atomic mass is 9.44. The number of hydrogen-bond donors (Lipinski definition) is 0. The Hall–Kier alpha value is -0.520. The zero-order chi connectivity index (χ0) is 18.4. The Bertz CT molecular complexity index is 556. The summed E-state index contributed by atoms with van der Waals surface area (Å²) in [4.78, 5) is 0. The maximum absolute atomic E-state index is 4.42. The standard InChI is InChI=1S/C26H42/c1-5-19-10-8-13-24-22-14-16-25(4)20(6-2)11-9-12-23(25)21(22)15-17-26(24,7-3)18-19/h6-7,19,21-24H,3,5,8-18H2,1-2,4H3/b20-6-/t19-,21+,22?,23?,24+,25+,26+/m0/s1. The predicted octanol–water partition coefficient (Wildman–Crippen LogP) is 7.95. The average Bonchev–Trinajstić information content (AvgIpc) is 2.86. The van der Waals surface area contributed by atoms with Crippen molar-refractivity contribution in [3.05, 3.63) is 24.3 Å². The van der Waals surface area contributed by atoms with Gasteiger partial charge in [-0.15, -0.1) is 6.58 Å². The Balaban J connectivity index is 1.64. The molecule has 0 radical (unpaired) electrons. The third kappa shape index (κ3) is 2.77. The van der Waals surface area contributed by atoms with Gasteiger partial charge in [0.15, 0.2) is 0 Å². The van der Waals surface area contributed by atoms with Crippen molar-refractivity contribution in [2.75, 3.05) is 0 Å². The molecule has 0 N–H and O–H groups in total. The topological polar surface area (TPSA) is 0 Å². The molecule has 0 aromatic carbocycles. The summed E-state index contributed by atoms with van der Waals surface area (Å²) in [6.07, 6.45) is 22.4. The van der Waals surface area contributed by atoms with Crippen LogP contribution in [-0.4, -0.2) is 0 Å². The van der Waals surface area contributed by atoms with Gasteiger partial charge in [0.2, 0.25) is 0 Å². The molecule has 4 rings (SSSR count). The molecule has 4 aliphatic rings. The Morgan fingerprint density at radius 2 is 1.73 bits per heavy atom. The van der Waals surface area contributed by atoms with E-state index in [4.69, 9.17) is 0 Å². The zero-order valence-corrected chi connectivity index (χ0v) is 17.7. The van der Waals surface area contributed by atoms with E-state index in [1.807, 2.05) is 0 Å². The number of allylic oxidation sites excluding steroid dienone is 3. The van der Waals surface area contributed by atoms with E-state index < -0.39 is 0 Å². The summed E-state index contributed by atoms with van der Waals surface area (Å²) in [7, 11) is 0. The van der Waals surface area contributed by atoms with Crippen molar-refractivity contribution >= 4 is 0 Å². The molecule has 0 bridgehead atoms. The summed E-state index contributed by atoms with van der Waals surface area (Å²) in [6.45, 7) is 11.8. The monoisotopic (exact) mass is 354 g/mol. The van der Waals surface area contributed by atoms with Crippen LogP contribution in [0.4, 0.5) is 0 Å². The quantitative estimate of drug-likeness (QED) is 0.441. The third-order valence-electron chi connectivity index (χ3n) is 9.90. The van der Waals surface area contributed by atoms with Crippen molar-refractivity contribution in [2.45, 2.75) is 97.8 Å². The second-order valence-corrected chi connectivity index (χ2v) is 10.6. The van der Waals surface area contributed by atoms with E-state index >= 15 is 0 Å². The molecule has 0 heteroatoms. The first kappa shape index (κ1) is 18.8. The van der Waals surface area contributed by atoms with Crippen LogP contribution < -0.4 is 0 Å². The van der Waals surface area contributed by atoms with Gasteiger partial charge in [-0.2, -0.15) is 0 Å². The van der Waals surface area contributed by atoms with Gasteiger partial charge in [0, 0.05) is 0 Å². The molecule has 0 nitrogen and oxygen atoms in total. The summed E-state index contributed by atoms with van der Waals surface area (Å²) in [5, 5.41) is 0. The average molecular weight is 355 g/mol. The van der Waals surface area contributed by atoms with Crippen molar-refractivity contribution < 1.29 is 0 Å². The lowest BCUT2D eigenvalue weighted by Gasteiger charge is -2.60. The fraction of sp³-hybridized carbons (Fsp3) is 0.846. The molecule has 0 heterocycles. The summed E-state index contributed by atoms with van der Waals surface area (Å²) < 4.78 is 0. The molecule has 2 unspecified atom stereocenters. The predicted molar refractivity (Wildman–Crippen MR) is 113 cm³/mol. The lowest BCUT2D eigenvalue weighted by molar-refractivity contribution is -0.0748. The van der Waals surface area contributed by atoms with Crippen molar-refractivity contribution in [3.63, 3.8) is 0 Å². The van der Waals surface area contributed by atoms with E-state index in [1.165, 1.54) is 77.0 Å². The minimum Gasteiger partial charge on any atom is -0.103 e. The van der Waals surface area contributed by atoms with Crippen molar-refractivity contribution in [3.8, 4) is 0 Å². The molecule has 0 aromatic heterocycles. The van der Waals surface area contributed by atoms with Crippen LogP contribution in [0.2, 0.25) is 0 Å². The van der Waals surface area contributed by atoms with Crippen molar-refractivity contribution in [1.29, 1.82) is 0 Å². The fourth-order valence-corrected chi connectivity index (χ4v) is 8.51. The molecule has 0 aromatic rings. The fourth-order valence-electron chi connectivity index (χ4n) is 8.51. The molecular formula is C26H42. The second kappa shape index (κ2) is 7.14. The maximum atomic E-state index is 4.42. The van der Waals surface area contributed by atoms with Gasteiger partial charge in [-0.1, -0.05) is 50.8 Å². The first-order valence-corrected chi connectivity index (χ1v) is 11.9. The molecule has 7 atom stereocenters. The zero-order valence-electron chi connectivity index (χ0n) is 17.7. The first-order valence-electron chi connectivity index (χ1n) is 11.9. The minimum atomic E-state index is 0.476. The van der Waals surface area contributed by atoms with E-state index in [2.05, 4.69) is 39.5 Å². The minimum absolute atomic E-state index is 0.476. The van der Waals surface area contributed by atoms with Gasteiger partial charge < -0.3 is 0 Å². The summed E-state index contributed by atoms with van der Waals surface area (Å²) in [6, 6.07) is 0. The van der Waals surface area contributed by atoms with Crippen molar-refractivity contribution in [1.82, 2.24) is 0 Å². The molecule has 0 aliphatic heterocycles. The second-order valence-electron chi connectivity index (χ2n) is 10.6. The highest BCUT2D eigenvalue weighted by Crippen LogP contribution is 2.65. The van der Waals surface area contributed by atoms with E-state index in [1.54, 1.807) is 5.57 Å². The molecule has 0 amide bonds. The van der Waals surface area contributed by atoms with E-state index in [-0.39, 0.29) is 0 Å². The van der Waals surface area contributed by atoms with Crippen molar-refractivity contribution in [2.24, 2.45) is 40.4 Å². The van der Waals surface area contributed by atoms with Gasteiger partial charge in [0.25, 0.3) is 0 Å². The van der Waals surface area contributed by atoms with Gasteiger partial charge in [-0.25, -0.2) is 0 Å². The lowest BCUT2D eigenvalue weighted by Crippen LogP contribution is -2.52. The number of hydrogen-bond acceptors (Lipinski definition) is 0. The molecule has 4 aliphatic carbocycles. The van der Waals surface area contributed by atoms with E-state index in [9.17, 15) is 0 Å². The summed E-state index contributed by atoms with van der Waals surface area (Å²) in [5.41, 5.74) is 2.81. The van der Waals surface area contributed by atoms with Crippen LogP contribution in [0.25, 0.3) is 0 Å². The molecule has 26 heavy (non-hydrogen) atoms. The van der Waals surface area contributed by atoms with E-state index in [0.717, 1.165) is 29.6 Å². The normalized spacial score (nSPS) is 50.3. The Labute approximate surface area is 162 Å². The first-order chi connectivity index (χ1) is 12.6. The van der Waals surface area contributed by atoms with Gasteiger partial charge in [0.05, 0.1) is 0 Å². The van der Waals surface area contributed by atoms with Crippen LogP contribution in [0.5, 0.6) is 0 Å². The smallest absolute Gasteiger partial charge is 0.00854 e. The Morgan fingerprint density at radius 1 is 1.00 bits per heavy atom.